The summed E-state index contributed by atoms with van der Waals surface area (Å²) < 4.78 is 65.7. The smallest absolute Gasteiger partial charge is 0.325 e. The first-order valence-corrected chi connectivity index (χ1v) is 13.3. The van der Waals surface area contributed by atoms with E-state index in [0.717, 1.165) is 0 Å². The highest BCUT2D eigenvalue weighted by atomic mass is 32.2. The van der Waals surface area contributed by atoms with E-state index >= 15 is 0 Å². The molecule has 1 atom stereocenters. The van der Waals surface area contributed by atoms with Gasteiger partial charge in [0.05, 0.1) is 11.3 Å². The summed E-state index contributed by atoms with van der Waals surface area (Å²) in [5.74, 6) is -0.552. The molecule has 3 amide bonds. The minimum absolute atomic E-state index is 0.0458. The molecule has 0 aromatic heterocycles. The van der Waals surface area contributed by atoms with Crippen LogP contribution in [-0.4, -0.2) is 39.1 Å². The SMILES string of the molecule is CCN(C(=O)[C@H](Cc1ccccc1)NC(=O)NS(=O)(=O)c1ccccc1C)c1ccc(CC(F)(F)F)cc1. The van der Waals surface area contributed by atoms with Crippen LogP contribution in [0.3, 0.4) is 0 Å². The lowest BCUT2D eigenvalue weighted by Crippen LogP contribution is -2.53. The molecule has 0 fully saturated rings. The summed E-state index contributed by atoms with van der Waals surface area (Å²) in [5.41, 5.74) is 1.54. The van der Waals surface area contributed by atoms with Gasteiger partial charge in [0, 0.05) is 18.7 Å². The molecule has 0 aliphatic heterocycles. The van der Waals surface area contributed by atoms with Crippen LogP contribution < -0.4 is 14.9 Å². The van der Waals surface area contributed by atoms with Gasteiger partial charge in [0.25, 0.3) is 10.0 Å². The van der Waals surface area contributed by atoms with Crippen LogP contribution in [0, 0.1) is 6.92 Å². The predicted octanol–water partition coefficient (Wildman–Crippen LogP) is 4.75. The van der Waals surface area contributed by atoms with Gasteiger partial charge in [-0.25, -0.2) is 17.9 Å². The van der Waals surface area contributed by atoms with Crippen molar-refractivity contribution in [1.29, 1.82) is 0 Å². The molecule has 3 rings (SSSR count). The van der Waals surface area contributed by atoms with Crippen molar-refractivity contribution in [3.8, 4) is 0 Å². The molecule has 0 heterocycles. The Balaban J connectivity index is 1.84. The molecule has 3 aromatic carbocycles. The molecule has 0 unspecified atom stereocenters. The van der Waals surface area contributed by atoms with Crippen molar-refractivity contribution in [1.82, 2.24) is 10.0 Å². The maximum atomic E-state index is 13.6. The lowest BCUT2D eigenvalue weighted by molar-refractivity contribution is -0.127. The highest BCUT2D eigenvalue weighted by Crippen LogP contribution is 2.24. The van der Waals surface area contributed by atoms with Gasteiger partial charge in [0.2, 0.25) is 5.91 Å². The largest absolute Gasteiger partial charge is 0.393 e. The van der Waals surface area contributed by atoms with Crippen LogP contribution in [0.2, 0.25) is 0 Å². The van der Waals surface area contributed by atoms with Crippen LogP contribution in [0.5, 0.6) is 0 Å². The minimum Gasteiger partial charge on any atom is -0.325 e. The summed E-state index contributed by atoms with van der Waals surface area (Å²) >= 11 is 0. The van der Waals surface area contributed by atoms with Gasteiger partial charge < -0.3 is 10.2 Å². The first-order chi connectivity index (χ1) is 17.9. The molecule has 38 heavy (non-hydrogen) atoms. The lowest BCUT2D eigenvalue weighted by atomic mass is 10.0. The van der Waals surface area contributed by atoms with Crippen molar-refractivity contribution < 1.29 is 31.2 Å². The van der Waals surface area contributed by atoms with E-state index in [4.69, 9.17) is 0 Å². The average Bonchev–Trinajstić information content (AvgIpc) is 2.84. The Morgan fingerprint density at radius 1 is 0.895 bits per heavy atom. The number of halogens is 3. The van der Waals surface area contributed by atoms with E-state index in [9.17, 15) is 31.2 Å². The number of amides is 3. The number of urea groups is 1. The van der Waals surface area contributed by atoms with Crippen molar-refractivity contribution >= 4 is 27.6 Å². The molecule has 0 spiro atoms. The molecular weight excluding hydrogens is 519 g/mol. The van der Waals surface area contributed by atoms with Crippen molar-refractivity contribution in [3.63, 3.8) is 0 Å². The molecule has 0 aliphatic rings. The lowest BCUT2D eigenvalue weighted by Gasteiger charge is -2.27. The first-order valence-electron chi connectivity index (χ1n) is 11.8. The highest BCUT2D eigenvalue weighted by molar-refractivity contribution is 7.90. The maximum Gasteiger partial charge on any atom is 0.393 e. The van der Waals surface area contributed by atoms with Crippen LogP contribution in [0.25, 0.3) is 0 Å². The topological polar surface area (TPSA) is 95.6 Å². The molecule has 0 radical (unpaired) electrons. The Morgan fingerprint density at radius 2 is 1.50 bits per heavy atom. The summed E-state index contributed by atoms with van der Waals surface area (Å²) in [5, 5.41) is 2.47. The Kier molecular flexibility index (Phi) is 9.16. The molecule has 202 valence electrons. The Bertz CT molecular complexity index is 1360. The van der Waals surface area contributed by atoms with Crippen molar-refractivity contribution in [2.24, 2.45) is 0 Å². The van der Waals surface area contributed by atoms with Gasteiger partial charge in [-0.15, -0.1) is 0 Å². The third-order valence-electron chi connectivity index (χ3n) is 5.73. The minimum atomic E-state index is -4.36. The Hall–Kier alpha value is -3.86. The van der Waals surface area contributed by atoms with Crippen LogP contribution >= 0.6 is 0 Å². The standard InChI is InChI=1S/C27H28F3N3O4S/c1-3-33(22-15-13-21(14-16-22)18-27(28,29)30)25(34)23(17-20-10-5-4-6-11-20)31-26(35)32-38(36,37)24-12-8-7-9-19(24)2/h4-16,23H,3,17-18H2,1-2H3,(H2,31,32,35)/t23-/m0/s1. The molecule has 0 aliphatic carbocycles. The molecule has 7 nitrogen and oxygen atoms in total. The number of likely N-dealkylation sites (N-methyl/N-ethyl adjacent to an activating group) is 1. The van der Waals surface area contributed by atoms with Gasteiger partial charge in [-0.3, -0.25) is 4.79 Å². The summed E-state index contributed by atoms with van der Waals surface area (Å²) in [4.78, 5) is 27.6. The van der Waals surface area contributed by atoms with E-state index in [2.05, 4.69) is 5.32 Å². The van der Waals surface area contributed by atoms with E-state index < -0.39 is 40.6 Å². The summed E-state index contributed by atoms with van der Waals surface area (Å²) in [6, 6.07) is 18.1. The van der Waals surface area contributed by atoms with E-state index in [0.29, 0.717) is 16.8 Å². The molecular formula is C27H28F3N3O4S. The zero-order valence-corrected chi connectivity index (χ0v) is 21.6. The number of nitrogens with one attached hydrogen (secondary N) is 2. The fraction of sp³-hybridized carbons (Fsp3) is 0.259. The number of alkyl halides is 3. The molecule has 0 saturated heterocycles. The van der Waals surface area contributed by atoms with E-state index in [1.165, 1.54) is 41.3 Å². The zero-order chi connectivity index (χ0) is 27.9. The number of rotatable bonds is 9. The molecule has 0 bridgehead atoms. The van der Waals surface area contributed by atoms with Gasteiger partial charge in [-0.1, -0.05) is 60.7 Å². The quantitative estimate of drug-likeness (QED) is 0.404. The second-order valence-electron chi connectivity index (χ2n) is 8.63. The van der Waals surface area contributed by atoms with Crippen LogP contribution in [0.15, 0.2) is 83.8 Å². The van der Waals surface area contributed by atoms with Gasteiger partial charge in [-0.05, 0) is 48.7 Å². The van der Waals surface area contributed by atoms with Crippen LogP contribution in [0.1, 0.15) is 23.6 Å². The third-order valence-corrected chi connectivity index (χ3v) is 7.22. The van der Waals surface area contributed by atoms with Crippen molar-refractivity contribution in [2.45, 2.75) is 43.8 Å². The second-order valence-corrected chi connectivity index (χ2v) is 10.3. The molecule has 3 aromatic rings. The van der Waals surface area contributed by atoms with Crippen molar-refractivity contribution in [3.05, 3.63) is 95.6 Å². The van der Waals surface area contributed by atoms with E-state index in [1.54, 1.807) is 56.3 Å². The summed E-state index contributed by atoms with van der Waals surface area (Å²) in [6.07, 6.45) is -5.40. The molecule has 11 heteroatoms. The third kappa shape index (κ3) is 7.82. The number of benzene rings is 3. The zero-order valence-electron chi connectivity index (χ0n) is 20.8. The number of anilines is 1. The number of nitrogens with zero attached hydrogens (tertiary/aromatic N) is 1. The molecule has 2 N–H and O–H groups in total. The fourth-order valence-electron chi connectivity index (χ4n) is 3.95. The Morgan fingerprint density at radius 3 is 2.08 bits per heavy atom. The van der Waals surface area contributed by atoms with Gasteiger partial charge in [-0.2, -0.15) is 13.2 Å². The number of carbonyl (C=O) groups excluding carboxylic acids is 2. The highest BCUT2D eigenvalue weighted by Gasteiger charge is 2.30. The monoisotopic (exact) mass is 547 g/mol. The Labute approximate surface area is 219 Å². The van der Waals surface area contributed by atoms with Gasteiger partial charge in [0.15, 0.2) is 0 Å². The fourth-order valence-corrected chi connectivity index (χ4v) is 5.11. The maximum absolute atomic E-state index is 13.6. The van der Waals surface area contributed by atoms with E-state index in [1.807, 2.05) is 4.72 Å². The summed E-state index contributed by atoms with van der Waals surface area (Å²) in [6.45, 7) is 3.44. The number of hydrogen-bond acceptors (Lipinski definition) is 4. The van der Waals surface area contributed by atoms with Gasteiger partial charge >= 0.3 is 12.2 Å². The predicted molar refractivity (Wildman–Crippen MR) is 138 cm³/mol. The number of aryl methyl sites for hydroxylation is 1. The first kappa shape index (κ1) is 28.7. The van der Waals surface area contributed by atoms with Crippen molar-refractivity contribution in [2.75, 3.05) is 11.4 Å². The van der Waals surface area contributed by atoms with Crippen LogP contribution in [-0.2, 0) is 27.7 Å². The normalized spacial score (nSPS) is 12.4. The number of carbonyl (C=O) groups is 2. The number of sulfonamides is 1. The second kappa shape index (κ2) is 12.1. The van der Waals surface area contributed by atoms with Crippen LogP contribution in [0.4, 0.5) is 23.7 Å². The summed E-state index contributed by atoms with van der Waals surface area (Å²) in [7, 11) is -4.21. The number of hydrogen-bond donors (Lipinski definition) is 2. The van der Waals surface area contributed by atoms with E-state index in [-0.39, 0.29) is 23.4 Å². The van der Waals surface area contributed by atoms with Gasteiger partial charge in [0.1, 0.15) is 6.04 Å². The average molecular weight is 548 g/mol. The molecule has 0 saturated carbocycles.